The molecule has 3 heteroatoms. The van der Waals surface area contributed by atoms with E-state index < -0.39 is 0 Å². The van der Waals surface area contributed by atoms with E-state index in [9.17, 15) is 4.79 Å². The molecule has 0 unspecified atom stereocenters. The predicted octanol–water partition coefficient (Wildman–Crippen LogP) is 1.40. The Morgan fingerprint density at radius 1 is 1.44 bits per heavy atom. The maximum atomic E-state index is 12.0. The number of carbonyl (C=O) groups excluding carboxylic acids is 1. The Labute approximate surface area is 96.5 Å². The van der Waals surface area contributed by atoms with Crippen LogP contribution in [0.25, 0.3) is 0 Å². The average molecular weight is 218 g/mol. The van der Waals surface area contributed by atoms with Crippen molar-refractivity contribution in [1.29, 1.82) is 0 Å². The molecule has 0 aromatic heterocycles. The van der Waals surface area contributed by atoms with Crippen LogP contribution in [0.5, 0.6) is 0 Å². The van der Waals surface area contributed by atoms with Gasteiger partial charge in [-0.25, -0.2) is 0 Å². The molecular weight excluding hydrogens is 200 g/mol. The lowest BCUT2D eigenvalue weighted by atomic mass is 10.1. The second kappa shape index (κ2) is 5.12. The Balaban J connectivity index is 1.92. The number of hydrogen-bond donors (Lipinski definition) is 1. The van der Waals surface area contributed by atoms with Crippen molar-refractivity contribution in [2.45, 2.75) is 25.4 Å². The van der Waals surface area contributed by atoms with E-state index in [0.717, 1.165) is 19.4 Å². The van der Waals surface area contributed by atoms with Crippen LogP contribution in [0.4, 0.5) is 0 Å². The molecule has 0 saturated carbocycles. The highest BCUT2D eigenvalue weighted by Crippen LogP contribution is 2.10. The van der Waals surface area contributed by atoms with Crippen molar-refractivity contribution in [3.05, 3.63) is 35.9 Å². The van der Waals surface area contributed by atoms with Gasteiger partial charge in [-0.15, -0.1) is 0 Å². The van der Waals surface area contributed by atoms with Crippen LogP contribution in [0, 0.1) is 0 Å². The molecule has 0 bridgehead atoms. The molecule has 86 valence electrons. The van der Waals surface area contributed by atoms with Crippen molar-refractivity contribution in [3.8, 4) is 0 Å². The smallest absolute Gasteiger partial charge is 0.239 e. The van der Waals surface area contributed by atoms with E-state index in [1.54, 1.807) is 4.90 Å². The fourth-order valence-corrected chi connectivity index (χ4v) is 2.10. The van der Waals surface area contributed by atoms with Gasteiger partial charge in [0, 0.05) is 13.6 Å². The van der Waals surface area contributed by atoms with Gasteiger partial charge in [-0.05, 0) is 24.9 Å². The molecule has 1 aromatic carbocycles. The maximum Gasteiger partial charge on any atom is 0.239 e. The molecule has 1 N–H and O–H groups in total. The van der Waals surface area contributed by atoms with E-state index in [1.165, 1.54) is 5.56 Å². The topological polar surface area (TPSA) is 32.3 Å². The van der Waals surface area contributed by atoms with E-state index >= 15 is 0 Å². The van der Waals surface area contributed by atoms with Gasteiger partial charge in [-0.1, -0.05) is 30.3 Å². The van der Waals surface area contributed by atoms with Gasteiger partial charge in [0.1, 0.15) is 0 Å². The van der Waals surface area contributed by atoms with Gasteiger partial charge in [-0.3, -0.25) is 4.79 Å². The Morgan fingerprint density at radius 3 is 2.81 bits per heavy atom. The highest BCUT2D eigenvalue weighted by atomic mass is 16.2. The van der Waals surface area contributed by atoms with Gasteiger partial charge < -0.3 is 10.2 Å². The SMILES string of the molecule is CN(Cc1ccccc1)C(=O)[C@H]1CCCN1. The van der Waals surface area contributed by atoms with E-state index in [2.05, 4.69) is 5.32 Å². The highest BCUT2D eigenvalue weighted by molar-refractivity contribution is 5.81. The highest BCUT2D eigenvalue weighted by Gasteiger charge is 2.24. The predicted molar refractivity (Wildman–Crippen MR) is 63.9 cm³/mol. The van der Waals surface area contributed by atoms with Gasteiger partial charge in [0.2, 0.25) is 5.91 Å². The Morgan fingerprint density at radius 2 is 2.19 bits per heavy atom. The minimum atomic E-state index is 0.0358. The second-order valence-electron chi connectivity index (χ2n) is 4.33. The number of amides is 1. The van der Waals surface area contributed by atoms with Crippen molar-refractivity contribution in [2.24, 2.45) is 0 Å². The van der Waals surface area contributed by atoms with Crippen LogP contribution >= 0.6 is 0 Å². The van der Waals surface area contributed by atoms with Gasteiger partial charge in [0.25, 0.3) is 0 Å². The first-order valence-corrected chi connectivity index (χ1v) is 5.79. The van der Waals surface area contributed by atoms with Crippen LogP contribution in [0.2, 0.25) is 0 Å². The van der Waals surface area contributed by atoms with Crippen molar-refractivity contribution < 1.29 is 4.79 Å². The van der Waals surface area contributed by atoms with Crippen molar-refractivity contribution in [2.75, 3.05) is 13.6 Å². The van der Waals surface area contributed by atoms with E-state index in [1.807, 2.05) is 37.4 Å². The molecule has 0 spiro atoms. The summed E-state index contributed by atoms with van der Waals surface area (Å²) in [6.07, 6.45) is 2.08. The lowest BCUT2D eigenvalue weighted by Gasteiger charge is -2.21. The molecule has 3 nitrogen and oxygen atoms in total. The number of carbonyl (C=O) groups is 1. The molecule has 1 aliphatic rings. The summed E-state index contributed by atoms with van der Waals surface area (Å²) in [5.74, 6) is 0.210. The maximum absolute atomic E-state index is 12.0. The van der Waals surface area contributed by atoms with Crippen LogP contribution < -0.4 is 5.32 Å². The minimum absolute atomic E-state index is 0.0358. The van der Waals surface area contributed by atoms with Gasteiger partial charge in [0.15, 0.2) is 0 Å². The van der Waals surface area contributed by atoms with E-state index in [4.69, 9.17) is 0 Å². The van der Waals surface area contributed by atoms with Crippen molar-refractivity contribution in [3.63, 3.8) is 0 Å². The lowest BCUT2D eigenvalue weighted by Crippen LogP contribution is -2.41. The molecule has 2 rings (SSSR count). The summed E-state index contributed by atoms with van der Waals surface area (Å²) in [6.45, 7) is 1.66. The molecule has 0 aliphatic carbocycles. The fraction of sp³-hybridized carbons (Fsp3) is 0.462. The number of hydrogen-bond acceptors (Lipinski definition) is 2. The summed E-state index contributed by atoms with van der Waals surface area (Å²) in [7, 11) is 1.87. The molecule has 1 saturated heterocycles. The third kappa shape index (κ3) is 2.61. The van der Waals surface area contributed by atoms with E-state index in [0.29, 0.717) is 6.54 Å². The number of benzene rings is 1. The molecule has 1 aromatic rings. The number of likely N-dealkylation sites (N-methyl/N-ethyl adjacent to an activating group) is 1. The first-order valence-electron chi connectivity index (χ1n) is 5.79. The zero-order chi connectivity index (χ0) is 11.4. The standard InChI is InChI=1S/C13H18N2O/c1-15(10-11-6-3-2-4-7-11)13(16)12-8-5-9-14-12/h2-4,6-7,12,14H,5,8-10H2,1H3/t12-/m1/s1. The summed E-state index contributed by atoms with van der Waals surface area (Å²) in [5, 5.41) is 3.23. The van der Waals surface area contributed by atoms with Gasteiger partial charge >= 0.3 is 0 Å². The van der Waals surface area contributed by atoms with Crippen LogP contribution in [-0.2, 0) is 11.3 Å². The normalized spacial score (nSPS) is 19.7. The third-order valence-corrected chi connectivity index (χ3v) is 3.00. The number of nitrogens with one attached hydrogen (secondary N) is 1. The Hall–Kier alpha value is -1.35. The molecule has 1 fully saturated rings. The zero-order valence-electron chi connectivity index (χ0n) is 9.65. The van der Waals surface area contributed by atoms with E-state index in [-0.39, 0.29) is 11.9 Å². The molecule has 16 heavy (non-hydrogen) atoms. The molecule has 1 atom stereocenters. The van der Waals surface area contributed by atoms with Crippen LogP contribution in [0.1, 0.15) is 18.4 Å². The summed E-state index contributed by atoms with van der Waals surface area (Å²) in [6, 6.07) is 10.1. The zero-order valence-corrected chi connectivity index (χ0v) is 9.65. The Bertz CT molecular complexity index is 344. The average Bonchev–Trinajstić information content (AvgIpc) is 2.83. The monoisotopic (exact) mass is 218 g/mol. The second-order valence-corrected chi connectivity index (χ2v) is 4.33. The van der Waals surface area contributed by atoms with Crippen LogP contribution in [-0.4, -0.2) is 30.4 Å². The number of rotatable bonds is 3. The first kappa shape index (κ1) is 11.1. The minimum Gasteiger partial charge on any atom is -0.340 e. The number of nitrogens with zero attached hydrogens (tertiary/aromatic N) is 1. The third-order valence-electron chi connectivity index (χ3n) is 3.00. The molecule has 1 amide bonds. The van der Waals surface area contributed by atoms with Crippen LogP contribution in [0.3, 0.4) is 0 Å². The first-order chi connectivity index (χ1) is 7.77. The summed E-state index contributed by atoms with van der Waals surface area (Å²) < 4.78 is 0. The van der Waals surface area contributed by atoms with Crippen molar-refractivity contribution in [1.82, 2.24) is 10.2 Å². The summed E-state index contributed by atoms with van der Waals surface area (Å²) >= 11 is 0. The molecule has 0 radical (unpaired) electrons. The van der Waals surface area contributed by atoms with Gasteiger partial charge in [0.05, 0.1) is 6.04 Å². The fourth-order valence-electron chi connectivity index (χ4n) is 2.10. The molecule has 1 heterocycles. The quantitative estimate of drug-likeness (QED) is 0.831. The summed E-state index contributed by atoms with van der Waals surface area (Å²) in [4.78, 5) is 13.8. The lowest BCUT2D eigenvalue weighted by molar-refractivity contribution is -0.132. The van der Waals surface area contributed by atoms with Crippen LogP contribution in [0.15, 0.2) is 30.3 Å². The Kier molecular flexibility index (Phi) is 3.57. The van der Waals surface area contributed by atoms with Gasteiger partial charge in [-0.2, -0.15) is 0 Å². The largest absolute Gasteiger partial charge is 0.340 e. The van der Waals surface area contributed by atoms with Crippen molar-refractivity contribution >= 4 is 5.91 Å². The summed E-state index contributed by atoms with van der Waals surface area (Å²) in [5.41, 5.74) is 1.18. The molecular formula is C13H18N2O. The molecule has 1 aliphatic heterocycles.